The van der Waals surface area contributed by atoms with Crippen molar-refractivity contribution in [3.8, 4) is 0 Å². The van der Waals surface area contributed by atoms with Crippen molar-refractivity contribution in [2.24, 2.45) is 0 Å². The lowest BCUT2D eigenvalue weighted by atomic mass is 10.1. The van der Waals surface area contributed by atoms with Crippen LogP contribution in [0.5, 0.6) is 0 Å². The van der Waals surface area contributed by atoms with E-state index in [4.69, 9.17) is 0 Å². The first-order chi connectivity index (χ1) is 6.52. The van der Waals surface area contributed by atoms with Crippen molar-refractivity contribution in [1.82, 2.24) is 4.90 Å². The third kappa shape index (κ3) is 4.23. The van der Waals surface area contributed by atoms with E-state index in [1.807, 2.05) is 0 Å². The van der Waals surface area contributed by atoms with Crippen LogP contribution in [0.1, 0.15) is 12.8 Å². The Labute approximate surface area is 84.0 Å². The van der Waals surface area contributed by atoms with Gasteiger partial charge in [0.1, 0.15) is 6.04 Å². The maximum absolute atomic E-state index is 11.2. The predicted octanol–water partition coefficient (Wildman–Crippen LogP) is 0.0428. The van der Waals surface area contributed by atoms with E-state index in [-0.39, 0.29) is 24.4 Å². The Morgan fingerprint density at radius 1 is 1.21 bits per heavy atom. The van der Waals surface area contributed by atoms with Gasteiger partial charge in [0.2, 0.25) is 0 Å². The van der Waals surface area contributed by atoms with E-state index in [0.29, 0.717) is 6.42 Å². The van der Waals surface area contributed by atoms with Crippen LogP contribution in [0.3, 0.4) is 0 Å². The zero-order valence-corrected chi connectivity index (χ0v) is 9.07. The fourth-order valence-electron chi connectivity index (χ4n) is 1.08. The summed E-state index contributed by atoms with van der Waals surface area (Å²) in [5.74, 6) is -0.653. The smallest absolute Gasteiger partial charge is 0.323 e. The molecule has 0 radical (unpaired) electrons. The van der Waals surface area contributed by atoms with E-state index >= 15 is 0 Å². The molecule has 0 rings (SSSR count). The SMILES string of the molecule is COC(=O)CC[C@@H](C(=O)OC)N(C)C. The second-order valence-electron chi connectivity index (χ2n) is 3.12. The number of methoxy groups -OCH3 is 2. The highest BCUT2D eigenvalue weighted by Crippen LogP contribution is 2.06. The Morgan fingerprint density at radius 2 is 1.79 bits per heavy atom. The van der Waals surface area contributed by atoms with Gasteiger partial charge in [-0.2, -0.15) is 0 Å². The molecule has 0 spiro atoms. The van der Waals surface area contributed by atoms with Crippen LogP contribution in [0.2, 0.25) is 0 Å². The molecule has 0 aromatic rings. The van der Waals surface area contributed by atoms with Gasteiger partial charge in [-0.15, -0.1) is 0 Å². The van der Waals surface area contributed by atoms with Crippen LogP contribution in [0.4, 0.5) is 0 Å². The standard InChI is InChI=1S/C9H17NO4/c1-10(2)7(9(12)14-4)5-6-8(11)13-3/h7H,5-6H2,1-4H3/t7-/m0/s1. The first kappa shape index (κ1) is 12.9. The monoisotopic (exact) mass is 203 g/mol. The Bertz CT molecular complexity index is 203. The minimum atomic E-state index is -0.390. The van der Waals surface area contributed by atoms with Crippen LogP contribution in [0.15, 0.2) is 0 Å². The molecule has 14 heavy (non-hydrogen) atoms. The Hall–Kier alpha value is -1.10. The lowest BCUT2D eigenvalue weighted by Crippen LogP contribution is -2.37. The largest absolute Gasteiger partial charge is 0.469 e. The molecule has 0 saturated carbocycles. The molecule has 0 N–H and O–H groups in total. The summed E-state index contributed by atoms with van der Waals surface area (Å²) < 4.78 is 9.09. The number of hydrogen-bond acceptors (Lipinski definition) is 5. The molecule has 5 heteroatoms. The van der Waals surface area contributed by atoms with Crippen molar-refractivity contribution in [2.45, 2.75) is 18.9 Å². The summed E-state index contributed by atoms with van der Waals surface area (Å²) in [5.41, 5.74) is 0. The summed E-state index contributed by atoms with van der Waals surface area (Å²) in [6, 6.07) is -0.390. The molecule has 5 nitrogen and oxygen atoms in total. The zero-order valence-electron chi connectivity index (χ0n) is 9.07. The zero-order chi connectivity index (χ0) is 11.1. The average Bonchev–Trinajstić information content (AvgIpc) is 2.16. The number of ether oxygens (including phenoxy) is 2. The molecule has 0 amide bonds. The molecule has 0 bridgehead atoms. The van der Waals surface area contributed by atoms with Gasteiger partial charge >= 0.3 is 11.9 Å². The predicted molar refractivity (Wildman–Crippen MR) is 50.7 cm³/mol. The number of esters is 2. The number of rotatable bonds is 5. The van der Waals surface area contributed by atoms with Gasteiger partial charge in [-0.05, 0) is 20.5 Å². The van der Waals surface area contributed by atoms with E-state index in [1.165, 1.54) is 14.2 Å². The van der Waals surface area contributed by atoms with Gasteiger partial charge in [0, 0.05) is 6.42 Å². The van der Waals surface area contributed by atoms with Crippen LogP contribution < -0.4 is 0 Å². The van der Waals surface area contributed by atoms with Gasteiger partial charge in [-0.3, -0.25) is 14.5 Å². The molecule has 0 aliphatic rings. The van der Waals surface area contributed by atoms with Crippen LogP contribution in [0, 0.1) is 0 Å². The molecule has 0 unspecified atom stereocenters. The molecule has 0 aliphatic heterocycles. The number of carbonyl (C=O) groups is 2. The molecule has 1 atom stereocenters. The minimum absolute atomic E-state index is 0.217. The van der Waals surface area contributed by atoms with Crippen molar-refractivity contribution < 1.29 is 19.1 Å². The van der Waals surface area contributed by atoms with E-state index < -0.39 is 0 Å². The summed E-state index contributed by atoms with van der Waals surface area (Å²) in [6.07, 6.45) is 0.626. The van der Waals surface area contributed by atoms with E-state index in [1.54, 1.807) is 19.0 Å². The highest BCUT2D eigenvalue weighted by molar-refractivity contribution is 5.77. The Kier molecular flexibility index (Phi) is 5.87. The van der Waals surface area contributed by atoms with Crippen LogP contribution >= 0.6 is 0 Å². The Morgan fingerprint density at radius 3 is 2.14 bits per heavy atom. The lowest BCUT2D eigenvalue weighted by Gasteiger charge is -2.20. The fourth-order valence-corrected chi connectivity index (χ4v) is 1.08. The third-order valence-electron chi connectivity index (χ3n) is 1.95. The Balaban J connectivity index is 4.11. The summed E-state index contributed by atoms with van der Waals surface area (Å²) in [6.45, 7) is 0. The van der Waals surface area contributed by atoms with Gasteiger partial charge in [-0.1, -0.05) is 0 Å². The van der Waals surface area contributed by atoms with Crippen molar-refractivity contribution in [3.63, 3.8) is 0 Å². The highest BCUT2D eigenvalue weighted by atomic mass is 16.5. The number of nitrogens with zero attached hydrogens (tertiary/aromatic N) is 1. The minimum Gasteiger partial charge on any atom is -0.469 e. The third-order valence-corrected chi connectivity index (χ3v) is 1.95. The normalized spacial score (nSPS) is 12.4. The van der Waals surface area contributed by atoms with Crippen LogP contribution in [-0.2, 0) is 19.1 Å². The lowest BCUT2D eigenvalue weighted by molar-refractivity contribution is -0.147. The second-order valence-corrected chi connectivity index (χ2v) is 3.12. The van der Waals surface area contributed by atoms with Gasteiger partial charge in [0.15, 0.2) is 0 Å². The molecule has 0 saturated heterocycles. The maximum Gasteiger partial charge on any atom is 0.323 e. The maximum atomic E-state index is 11.2. The van der Waals surface area contributed by atoms with Gasteiger partial charge < -0.3 is 9.47 Å². The topological polar surface area (TPSA) is 55.8 Å². The quantitative estimate of drug-likeness (QED) is 0.591. The molecule has 0 aromatic carbocycles. The first-order valence-corrected chi connectivity index (χ1v) is 4.34. The van der Waals surface area contributed by atoms with Gasteiger partial charge in [0.05, 0.1) is 14.2 Å². The summed E-state index contributed by atoms with van der Waals surface area (Å²) in [4.78, 5) is 23.8. The van der Waals surface area contributed by atoms with Gasteiger partial charge in [0.25, 0.3) is 0 Å². The number of likely N-dealkylation sites (N-methyl/N-ethyl adjacent to an activating group) is 1. The van der Waals surface area contributed by atoms with E-state index in [9.17, 15) is 9.59 Å². The summed E-state index contributed by atoms with van der Waals surface area (Å²) >= 11 is 0. The van der Waals surface area contributed by atoms with Crippen molar-refractivity contribution >= 4 is 11.9 Å². The number of hydrogen-bond donors (Lipinski definition) is 0. The van der Waals surface area contributed by atoms with Crippen LogP contribution in [0.25, 0.3) is 0 Å². The molecular formula is C9H17NO4. The number of carbonyl (C=O) groups excluding carboxylic acids is 2. The fraction of sp³-hybridized carbons (Fsp3) is 0.778. The first-order valence-electron chi connectivity index (χ1n) is 4.34. The molecule has 0 aromatic heterocycles. The summed E-state index contributed by atoms with van der Waals surface area (Å²) in [5, 5.41) is 0. The van der Waals surface area contributed by atoms with E-state index in [0.717, 1.165) is 0 Å². The average molecular weight is 203 g/mol. The highest BCUT2D eigenvalue weighted by Gasteiger charge is 2.22. The summed E-state index contributed by atoms with van der Waals surface area (Å²) in [7, 11) is 6.18. The molecule has 0 fully saturated rings. The second kappa shape index (κ2) is 6.37. The molecule has 0 heterocycles. The van der Waals surface area contributed by atoms with Crippen molar-refractivity contribution in [3.05, 3.63) is 0 Å². The van der Waals surface area contributed by atoms with Gasteiger partial charge in [-0.25, -0.2) is 0 Å². The van der Waals surface area contributed by atoms with Crippen molar-refractivity contribution in [1.29, 1.82) is 0 Å². The molecular weight excluding hydrogens is 186 g/mol. The van der Waals surface area contributed by atoms with Crippen molar-refractivity contribution in [2.75, 3.05) is 28.3 Å². The molecule has 0 aliphatic carbocycles. The van der Waals surface area contributed by atoms with Crippen LogP contribution in [-0.4, -0.2) is 51.2 Å². The molecule has 82 valence electrons. The van der Waals surface area contributed by atoms with E-state index in [2.05, 4.69) is 9.47 Å².